The van der Waals surface area contributed by atoms with E-state index < -0.39 is 0 Å². The van der Waals surface area contributed by atoms with Crippen LogP contribution in [0.25, 0.3) is 0 Å². The van der Waals surface area contributed by atoms with Crippen LogP contribution in [0, 0.1) is 0 Å². The van der Waals surface area contributed by atoms with E-state index in [0.29, 0.717) is 6.42 Å². The summed E-state index contributed by atoms with van der Waals surface area (Å²) in [5.41, 5.74) is 3.10. The van der Waals surface area contributed by atoms with Gasteiger partial charge in [-0.25, -0.2) is 0 Å². The fourth-order valence-electron chi connectivity index (χ4n) is 3.00. The van der Waals surface area contributed by atoms with Gasteiger partial charge in [0.15, 0.2) is 0 Å². The summed E-state index contributed by atoms with van der Waals surface area (Å²) in [6, 6.07) is 25.8. The zero-order valence-electron chi connectivity index (χ0n) is 16.7. The van der Waals surface area contributed by atoms with Crippen molar-refractivity contribution in [1.29, 1.82) is 0 Å². The first kappa shape index (κ1) is 21.0. The number of thioether (sulfide) groups is 1. The molecule has 2 N–H and O–H groups in total. The number of methoxy groups -OCH3 is 1. The standard InChI is InChI=1S/C24H26N2O2S/c1-25-21(15-18-9-5-3-6-10-18)24(27)26-20-13-14-23(22(16-20)28-2)29-17-19-11-7-4-8-12-19/h3-14,16,21,25H,15,17H2,1-2H3,(H,26,27)/t21-/m0/s1. The second-order valence-electron chi connectivity index (χ2n) is 6.66. The molecule has 0 bridgehead atoms. The van der Waals surface area contributed by atoms with Crippen LogP contribution in [-0.2, 0) is 17.0 Å². The molecule has 0 heterocycles. The third-order valence-electron chi connectivity index (χ3n) is 4.62. The van der Waals surface area contributed by atoms with Crippen molar-refractivity contribution < 1.29 is 9.53 Å². The average Bonchev–Trinajstić information content (AvgIpc) is 2.77. The molecule has 1 atom stereocenters. The van der Waals surface area contributed by atoms with E-state index in [4.69, 9.17) is 4.74 Å². The van der Waals surface area contributed by atoms with Crippen LogP contribution in [0.4, 0.5) is 5.69 Å². The minimum absolute atomic E-state index is 0.0666. The quantitative estimate of drug-likeness (QED) is 0.503. The molecule has 3 rings (SSSR count). The number of likely N-dealkylation sites (N-methyl/N-ethyl adjacent to an activating group) is 1. The highest BCUT2D eigenvalue weighted by atomic mass is 32.2. The van der Waals surface area contributed by atoms with Gasteiger partial charge in [-0.2, -0.15) is 0 Å². The van der Waals surface area contributed by atoms with Crippen LogP contribution in [0.2, 0.25) is 0 Å². The molecular weight excluding hydrogens is 380 g/mol. The SMILES string of the molecule is CN[C@@H](Cc1ccccc1)C(=O)Nc1ccc(SCc2ccccc2)c(OC)c1. The summed E-state index contributed by atoms with van der Waals surface area (Å²) in [5, 5.41) is 6.10. The highest BCUT2D eigenvalue weighted by molar-refractivity contribution is 7.98. The molecule has 1 amide bonds. The molecule has 150 valence electrons. The van der Waals surface area contributed by atoms with Crippen molar-refractivity contribution >= 4 is 23.4 Å². The highest BCUT2D eigenvalue weighted by Crippen LogP contribution is 2.33. The van der Waals surface area contributed by atoms with E-state index in [0.717, 1.165) is 27.6 Å². The fourth-order valence-corrected chi connectivity index (χ4v) is 3.97. The topological polar surface area (TPSA) is 50.4 Å². The van der Waals surface area contributed by atoms with Gasteiger partial charge in [0, 0.05) is 22.4 Å². The largest absolute Gasteiger partial charge is 0.496 e. The molecule has 29 heavy (non-hydrogen) atoms. The number of hydrogen-bond donors (Lipinski definition) is 2. The van der Waals surface area contributed by atoms with Gasteiger partial charge in [-0.15, -0.1) is 11.8 Å². The Labute approximate surface area is 176 Å². The Kier molecular flexibility index (Phi) is 7.73. The van der Waals surface area contributed by atoms with Gasteiger partial charge >= 0.3 is 0 Å². The van der Waals surface area contributed by atoms with Gasteiger partial charge in [-0.05, 0) is 36.7 Å². The Hall–Kier alpha value is -2.76. The number of hydrogen-bond acceptors (Lipinski definition) is 4. The summed E-state index contributed by atoms with van der Waals surface area (Å²) >= 11 is 1.71. The first-order chi connectivity index (χ1) is 14.2. The first-order valence-electron chi connectivity index (χ1n) is 9.56. The van der Waals surface area contributed by atoms with Crippen LogP contribution in [-0.4, -0.2) is 26.1 Å². The van der Waals surface area contributed by atoms with Crippen LogP contribution >= 0.6 is 11.8 Å². The zero-order chi connectivity index (χ0) is 20.5. The molecule has 0 aromatic heterocycles. The van der Waals surface area contributed by atoms with E-state index in [1.165, 1.54) is 5.56 Å². The highest BCUT2D eigenvalue weighted by Gasteiger charge is 2.17. The number of amides is 1. The second kappa shape index (κ2) is 10.7. The molecule has 0 unspecified atom stereocenters. The van der Waals surface area contributed by atoms with Crippen molar-refractivity contribution in [1.82, 2.24) is 5.32 Å². The predicted molar refractivity (Wildman–Crippen MR) is 121 cm³/mol. The minimum Gasteiger partial charge on any atom is -0.496 e. The molecule has 0 spiro atoms. The van der Waals surface area contributed by atoms with Crippen LogP contribution in [0.5, 0.6) is 5.75 Å². The Bertz CT molecular complexity index is 917. The van der Waals surface area contributed by atoms with Crippen molar-refractivity contribution in [2.45, 2.75) is 23.1 Å². The van der Waals surface area contributed by atoms with E-state index in [2.05, 4.69) is 22.8 Å². The summed E-state index contributed by atoms with van der Waals surface area (Å²) in [6.07, 6.45) is 0.630. The lowest BCUT2D eigenvalue weighted by atomic mass is 10.1. The monoisotopic (exact) mass is 406 g/mol. The van der Waals surface area contributed by atoms with E-state index in [1.54, 1.807) is 25.9 Å². The Morgan fingerprint density at radius 1 is 0.966 bits per heavy atom. The molecular formula is C24H26N2O2S. The molecule has 0 aliphatic carbocycles. The van der Waals surface area contributed by atoms with Crippen molar-refractivity contribution in [3.63, 3.8) is 0 Å². The summed E-state index contributed by atoms with van der Waals surface area (Å²) in [6.45, 7) is 0. The lowest BCUT2D eigenvalue weighted by molar-refractivity contribution is -0.118. The number of carbonyl (C=O) groups is 1. The van der Waals surface area contributed by atoms with Gasteiger partial charge in [0.2, 0.25) is 5.91 Å². The summed E-state index contributed by atoms with van der Waals surface area (Å²) in [4.78, 5) is 13.8. The maximum absolute atomic E-state index is 12.7. The summed E-state index contributed by atoms with van der Waals surface area (Å²) < 4.78 is 5.55. The fraction of sp³-hybridized carbons (Fsp3) is 0.208. The predicted octanol–water partition coefficient (Wildman–Crippen LogP) is 4.76. The third kappa shape index (κ3) is 6.11. The molecule has 0 radical (unpaired) electrons. The van der Waals surface area contributed by atoms with Gasteiger partial charge in [-0.1, -0.05) is 60.7 Å². The molecule has 4 nitrogen and oxygen atoms in total. The first-order valence-corrected chi connectivity index (χ1v) is 10.5. The number of anilines is 1. The molecule has 0 saturated carbocycles. The van der Waals surface area contributed by atoms with E-state index in [9.17, 15) is 4.79 Å². The molecule has 0 aliphatic heterocycles. The van der Waals surface area contributed by atoms with E-state index in [1.807, 2.05) is 66.7 Å². The zero-order valence-corrected chi connectivity index (χ0v) is 17.5. The molecule has 0 fully saturated rings. The minimum atomic E-state index is -0.310. The third-order valence-corrected chi connectivity index (χ3v) is 5.74. The van der Waals surface area contributed by atoms with Crippen LogP contribution in [0.3, 0.4) is 0 Å². The smallest absolute Gasteiger partial charge is 0.241 e. The molecule has 3 aromatic rings. The molecule has 0 aliphatic rings. The average molecular weight is 407 g/mol. The molecule has 0 saturated heterocycles. The number of benzene rings is 3. The number of rotatable bonds is 9. The van der Waals surface area contributed by atoms with E-state index in [-0.39, 0.29) is 11.9 Å². The van der Waals surface area contributed by atoms with Gasteiger partial charge in [0.25, 0.3) is 0 Å². The molecule has 5 heteroatoms. The Morgan fingerprint density at radius 2 is 1.62 bits per heavy atom. The van der Waals surface area contributed by atoms with Gasteiger partial charge in [-0.3, -0.25) is 4.79 Å². The molecule has 3 aromatic carbocycles. The number of nitrogens with one attached hydrogen (secondary N) is 2. The lowest BCUT2D eigenvalue weighted by Crippen LogP contribution is -2.40. The van der Waals surface area contributed by atoms with Crippen LogP contribution in [0.1, 0.15) is 11.1 Å². The van der Waals surface area contributed by atoms with Gasteiger partial charge < -0.3 is 15.4 Å². The van der Waals surface area contributed by atoms with Gasteiger partial charge in [0.1, 0.15) is 5.75 Å². The maximum Gasteiger partial charge on any atom is 0.241 e. The Balaban J connectivity index is 1.64. The summed E-state index contributed by atoms with van der Waals surface area (Å²) in [7, 11) is 3.45. The normalized spacial score (nSPS) is 11.7. The summed E-state index contributed by atoms with van der Waals surface area (Å²) in [5.74, 6) is 1.55. The second-order valence-corrected chi connectivity index (χ2v) is 7.68. The van der Waals surface area contributed by atoms with Crippen molar-refractivity contribution in [3.05, 3.63) is 90.0 Å². The number of ether oxygens (including phenoxy) is 1. The Morgan fingerprint density at radius 3 is 2.24 bits per heavy atom. The lowest BCUT2D eigenvalue weighted by Gasteiger charge is -2.17. The van der Waals surface area contributed by atoms with Crippen molar-refractivity contribution in [2.75, 3.05) is 19.5 Å². The van der Waals surface area contributed by atoms with Crippen molar-refractivity contribution in [3.8, 4) is 5.75 Å². The number of carbonyl (C=O) groups excluding carboxylic acids is 1. The van der Waals surface area contributed by atoms with Crippen molar-refractivity contribution in [2.24, 2.45) is 0 Å². The van der Waals surface area contributed by atoms with Gasteiger partial charge in [0.05, 0.1) is 13.2 Å². The van der Waals surface area contributed by atoms with Crippen LogP contribution < -0.4 is 15.4 Å². The van der Waals surface area contributed by atoms with Crippen LogP contribution in [0.15, 0.2) is 83.8 Å². The maximum atomic E-state index is 12.7. The van der Waals surface area contributed by atoms with E-state index >= 15 is 0 Å².